The van der Waals surface area contributed by atoms with Crippen LogP contribution in [0.15, 0.2) is 48.5 Å². The summed E-state index contributed by atoms with van der Waals surface area (Å²) < 4.78 is 5.11. The fraction of sp³-hybridized carbons (Fsp3) is 0.250. The molecule has 5 heteroatoms. The van der Waals surface area contributed by atoms with Gasteiger partial charge in [-0.05, 0) is 55.3 Å². The van der Waals surface area contributed by atoms with Crippen molar-refractivity contribution in [3.63, 3.8) is 0 Å². The van der Waals surface area contributed by atoms with Gasteiger partial charge in [-0.3, -0.25) is 9.59 Å². The summed E-state index contributed by atoms with van der Waals surface area (Å²) in [5, 5.41) is 9.00. The van der Waals surface area contributed by atoms with Crippen molar-refractivity contribution < 1.29 is 14.3 Å². The number of amides is 1. The fourth-order valence-corrected chi connectivity index (χ4v) is 3.12. The molecule has 1 fully saturated rings. The van der Waals surface area contributed by atoms with Crippen LogP contribution in [-0.4, -0.2) is 36.3 Å². The molecule has 1 aliphatic heterocycles. The molecule has 2 aromatic rings. The minimum Gasteiger partial charge on any atom is -0.497 e. The lowest BCUT2D eigenvalue weighted by molar-refractivity contribution is 0.0671. The number of ether oxygens (including phenoxy) is 1. The minimum atomic E-state index is -0.466. The predicted molar refractivity (Wildman–Crippen MR) is 92.5 cm³/mol. The van der Waals surface area contributed by atoms with Crippen molar-refractivity contribution in [1.82, 2.24) is 4.90 Å². The third-order valence-electron chi connectivity index (χ3n) is 4.43. The lowest BCUT2D eigenvalue weighted by Crippen LogP contribution is -2.40. The molecular formula is C20H18N2O3. The second kappa shape index (κ2) is 7.18. The van der Waals surface area contributed by atoms with Crippen molar-refractivity contribution in [2.45, 2.75) is 18.9 Å². The highest BCUT2D eigenvalue weighted by atomic mass is 16.5. The van der Waals surface area contributed by atoms with Gasteiger partial charge in [0.15, 0.2) is 5.78 Å². The molecule has 0 N–H and O–H groups in total. The SMILES string of the molecule is COc1ccc(C(=O)C2CCCN2C(=O)c2cccc(C#N)c2)cc1. The Labute approximate surface area is 146 Å². The molecule has 0 aromatic heterocycles. The van der Waals surface area contributed by atoms with Gasteiger partial charge >= 0.3 is 0 Å². The van der Waals surface area contributed by atoms with Crippen LogP contribution in [0.3, 0.4) is 0 Å². The van der Waals surface area contributed by atoms with Crippen molar-refractivity contribution in [3.05, 3.63) is 65.2 Å². The number of likely N-dealkylation sites (tertiary alicyclic amines) is 1. The zero-order valence-corrected chi connectivity index (χ0v) is 13.9. The maximum absolute atomic E-state index is 12.8. The number of carbonyl (C=O) groups is 2. The van der Waals surface area contributed by atoms with Gasteiger partial charge in [-0.15, -0.1) is 0 Å². The van der Waals surface area contributed by atoms with Crippen LogP contribution < -0.4 is 4.74 Å². The molecule has 1 unspecified atom stereocenters. The number of rotatable bonds is 4. The molecule has 1 atom stereocenters. The van der Waals surface area contributed by atoms with Crippen LogP contribution in [0, 0.1) is 11.3 Å². The molecule has 3 rings (SSSR count). The van der Waals surface area contributed by atoms with Crippen molar-refractivity contribution in [1.29, 1.82) is 5.26 Å². The lowest BCUT2D eigenvalue weighted by atomic mass is 10.0. The standard InChI is InChI=1S/C20H18N2O3/c1-25-17-9-7-15(8-10-17)19(23)18-6-3-11-22(18)20(24)16-5-2-4-14(12-16)13-21/h2,4-5,7-10,12,18H,3,6,11H2,1H3. The molecule has 126 valence electrons. The second-order valence-corrected chi connectivity index (χ2v) is 5.94. The fourth-order valence-electron chi connectivity index (χ4n) is 3.12. The van der Waals surface area contributed by atoms with Crippen LogP contribution >= 0.6 is 0 Å². The molecule has 0 saturated carbocycles. The van der Waals surface area contributed by atoms with Crippen molar-refractivity contribution in [2.75, 3.05) is 13.7 Å². The van der Waals surface area contributed by atoms with Crippen LogP contribution in [0.4, 0.5) is 0 Å². The van der Waals surface area contributed by atoms with E-state index in [-0.39, 0.29) is 11.7 Å². The van der Waals surface area contributed by atoms with Gasteiger partial charge < -0.3 is 9.64 Å². The highest BCUT2D eigenvalue weighted by Crippen LogP contribution is 2.24. The van der Waals surface area contributed by atoms with E-state index in [1.54, 1.807) is 60.5 Å². The molecule has 1 aliphatic rings. The van der Waals surface area contributed by atoms with Gasteiger partial charge in [-0.2, -0.15) is 5.26 Å². The van der Waals surface area contributed by atoms with Gasteiger partial charge in [0.25, 0.3) is 5.91 Å². The van der Waals surface area contributed by atoms with E-state index < -0.39 is 6.04 Å². The van der Waals surface area contributed by atoms with E-state index in [0.717, 1.165) is 6.42 Å². The monoisotopic (exact) mass is 334 g/mol. The average Bonchev–Trinajstić information content (AvgIpc) is 3.16. The van der Waals surface area contributed by atoms with Gasteiger partial charge in [0, 0.05) is 17.7 Å². The molecule has 0 aliphatic carbocycles. The Morgan fingerprint density at radius 2 is 1.92 bits per heavy atom. The van der Waals surface area contributed by atoms with Crippen LogP contribution in [0.1, 0.15) is 39.1 Å². The van der Waals surface area contributed by atoms with E-state index in [1.165, 1.54) is 0 Å². The molecule has 5 nitrogen and oxygen atoms in total. The summed E-state index contributed by atoms with van der Waals surface area (Å²) in [5.74, 6) is 0.413. The Morgan fingerprint density at radius 3 is 2.60 bits per heavy atom. The number of hydrogen-bond donors (Lipinski definition) is 0. The number of nitrogens with zero attached hydrogens (tertiary/aromatic N) is 2. The smallest absolute Gasteiger partial charge is 0.254 e. The third-order valence-corrected chi connectivity index (χ3v) is 4.43. The Balaban J connectivity index is 1.82. The predicted octanol–water partition coefficient (Wildman–Crippen LogP) is 3.05. The van der Waals surface area contributed by atoms with Crippen LogP contribution in [0.2, 0.25) is 0 Å². The number of Topliss-reactive ketones (excluding diaryl/α,β-unsaturated/α-hetero) is 1. The van der Waals surface area contributed by atoms with E-state index in [0.29, 0.717) is 35.4 Å². The zero-order valence-electron chi connectivity index (χ0n) is 13.9. The maximum Gasteiger partial charge on any atom is 0.254 e. The quantitative estimate of drug-likeness (QED) is 0.806. The first-order valence-electron chi connectivity index (χ1n) is 8.13. The second-order valence-electron chi connectivity index (χ2n) is 5.94. The Kier molecular flexibility index (Phi) is 4.80. The van der Waals surface area contributed by atoms with Gasteiger partial charge in [0.05, 0.1) is 24.8 Å². The number of nitriles is 1. The normalized spacial score (nSPS) is 16.3. The topological polar surface area (TPSA) is 70.4 Å². The van der Waals surface area contributed by atoms with E-state index in [2.05, 4.69) is 0 Å². The van der Waals surface area contributed by atoms with E-state index in [9.17, 15) is 9.59 Å². The first-order valence-corrected chi connectivity index (χ1v) is 8.13. The highest BCUT2D eigenvalue weighted by molar-refractivity contribution is 6.04. The van der Waals surface area contributed by atoms with E-state index in [1.807, 2.05) is 6.07 Å². The molecule has 1 amide bonds. The molecule has 1 saturated heterocycles. The Bertz CT molecular complexity index is 837. The number of carbonyl (C=O) groups excluding carboxylic acids is 2. The lowest BCUT2D eigenvalue weighted by Gasteiger charge is -2.24. The molecular weight excluding hydrogens is 316 g/mol. The summed E-state index contributed by atoms with van der Waals surface area (Å²) in [6, 6.07) is 15.1. The summed E-state index contributed by atoms with van der Waals surface area (Å²) in [6.07, 6.45) is 1.44. The zero-order chi connectivity index (χ0) is 17.8. The summed E-state index contributed by atoms with van der Waals surface area (Å²) in [5.41, 5.74) is 1.44. The van der Waals surface area contributed by atoms with Gasteiger partial charge in [-0.1, -0.05) is 6.07 Å². The summed E-state index contributed by atoms with van der Waals surface area (Å²) in [6.45, 7) is 0.544. The van der Waals surface area contributed by atoms with Gasteiger partial charge in [0.1, 0.15) is 5.75 Å². The molecule has 0 spiro atoms. The van der Waals surface area contributed by atoms with E-state index in [4.69, 9.17) is 10.00 Å². The summed E-state index contributed by atoms with van der Waals surface area (Å²) in [7, 11) is 1.57. The van der Waals surface area contributed by atoms with E-state index >= 15 is 0 Å². The first kappa shape index (κ1) is 16.7. The summed E-state index contributed by atoms with van der Waals surface area (Å²) in [4.78, 5) is 27.2. The molecule has 1 heterocycles. The largest absolute Gasteiger partial charge is 0.497 e. The maximum atomic E-state index is 12.8. The Morgan fingerprint density at radius 1 is 1.16 bits per heavy atom. The van der Waals surface area contributed by atoms with Crippen molar-refractivity contribution in [2.24, 2.45) is 0 Å². The molecule has 0 bridgehead atoms. The average molecular weight is 334 g/mol. The van der Waals surface area contributed by atoms with Crippen molar-refractivity contribution >= 4 is 11.7 Å². The summed E-state index contributed by atoms with van der Waals surface area (Å²) >= 11 is 0. The van der Waals surface area contributed by atoms with Crippen LogP contribution in [-0.2, 0) is 0 Å². The number of methoxy groups -OCH3 is 1. The van der Waals surface area contributed by atoms with Crippen LogP contribution in [0.5, 0.6) is 5.75 Å². The van der Waals surface area contributed by atoms with Gasteiger partial charge in [-0.25, -0.2) is 0 Å². The number of ketones is 1. The Hall–Kier alpha value is -3.13. The van der Waals surface area contributed by atoms with Crippen molar-refractivity contribution in [3.8, 4) is 11.8 Å². The highest BCUT2D eigenvalue weighted by Gasteiger charge is 2.34. The van der Waals surface area contributed by atoms with Crippen LogP contribution in [0.25, 0.3) is 0 Å². The minimum absolute atomic E-state index is 0.0649. The number of benzene rings is 2. The number of hydrogen-bond acceptors (Lipinski definition) is 4. The molecule has 25 heavy (non-hydrogen) atoms. The first-order chi connectivity index (χ1) is 12.1. The molecule has 2 aromatic carbocycles. The third kappa shape index (κ3) is 3.38. The molecule has 0 radical (unpaired) electrons. The van der Waals surface area contributed by atoms with Gasteiger partial charge in [0.2, 0.25) is 0 Å².